The summed E-state index contributed by atoms with van der Waals surface area (Å²) in [7, 11) is 0. The minimum atomic E-state index is 0.555. The van der Waals surface area contributed by atoms with Crippen LogP contribution in [0.3, 0.4) is 0 Å². The molecular formula is C9H10ClN3OS. The SMILES string of the molecule is Cc1ncsc1-c1nnc(CCCCl)o1. The van der Waals surface area contributed by atoms with Crippen molar-refractivity contribution in [3.8, 4) is 10.8 Å². The maximum atomic E-state index is 5.59. The number of hydrogen-bond donors (Lipinski definition) is 0. The van der Waals surface area contributed by atoms with Gasteiger partial charge in [-0.3, -0.25) is 0 Å². The molecule has 0 spiro atoms. The van der Waals surface area contributed by atoms with E-state index in [9.17, 15) is 0 Å². The van der Waals surface area contributed by atoms with E-state index in [1.807, 2.05) is 6.92 Å². The number of nitrogens with zero attached hydrogens (tertiary/aromatic N) is 3. The van der Waals surface area contributed by atoms with Crippen molar-refractivity contribution in [2.24, 2.45) is 0 Å². The molecule has 15 heavy (non-hydrogen) atoms. The van der Waals surface area contributed by atoms with Gasteiger partial charge in [0.15, 0.2) is 0 Å². The molecule has 0 atom stereocenters. The van der Waals surface area contributed by atoms with E-state index in [0.29, 0.717) is 17.7 Å². The summed E-state index contributed by atoms with van der Waals surface area (Å²) in [5.74, 6) is 1.80. The number of hydrogen-bond acceptors (Lipinski definition) is 5. The lowest BCUT2D eigenvalue weighted by Gasteiger charge is -1.90. The Morgan fingerprint density at radius 3 is 3.00 bits per heavy atom. The smallest absolute Gasteiger partial charge is 0.259 e. The van der Waals surface area contributed by atoms with E-state index >= 15 is 0 Å². The highest BCUT2D eigenvalue weighted by Crippen LogP contribution is 2.25. The molecule has 0 amide bonds. The average molecular weight is 244 g/mol. The Morgan fingerprint density at radius 1 is 1.47 bits per heavy atom. The third-order valence-corrected chi connectivity index (χ3v) is 3.11. The van der Waals surface area contributed by atoms with E-state index < -0.39 is 0 Å². The fraction of sp³-hybridized carbons (Fsp3) is 0.444. The van der Waals surface area contributed by atoms with Crippen LogP contribution >= 0.6 is 22.9 Å². The second kappa shape index (κ2) is 4.72. The standard InChI is InChI=1S/C9H10ClN3OS/c1-6-8(15-5-11-6)9-13-12-7(14-9)3-2-4-10/h5H,2-4H2,1H3. The second-order valence-electron chi connectivity index (χ2n) is 3.06. The third kappa shape index (κ3) is 2.35. The Bertz CT molecular complexity index is 440. The van der Waals surface area contributed by atoms with Crippen LogP contribution < -0.4 is 0 Å². The first-order chi connectivity index (χ1) is 7.31. The number of thiazole rings is 1. The number of halogens is 1. The molecule has 2 aromatic heterocycles. The molecule has 0 saturated heterocycles. The van der Waals surface area contributed by atoms with E-state index in [1.165, 1.54) is 11.3 Å². The first-order valence-corrected chi connectivity index (χ1v) is 6.01. The zero-order chi connectivity index (χ0) is 10.7. The number of aromatic nitrogens is 3. The first kappa shape index (κ1) is 10.6. The van der Waals surface area contributed by atoms with Crippen molar-refractivity contribution in [3.63, 3.8) is 0 Å². The molecule has 0 fully saturated rings. The van der Waals surface area contributed by atoms with E-state index in [4.69, 9.17) is 16.0 Å². The summed E-state index contributed by atoms with van der Waals surface area (Å²) in [4.78, 5) is 5.08. The molecule has 2 heterocycles. The lowest BCUT2D eigenvalue weighted by Crippen LogP contribution is -1.85. The summed E-state index contributed by atoms with van der Waals surface area (Å²) in [6.45, 7) is 1.93. The van der Waals surface area contributed by atoms with Crippen LogP contribution in [0.4, 0.5) is 0 Å². The molecule has 0 N–H and O–H groups in total. The molecule has 6 heteroatoms. The van der Waals surface area contributed by atoms with Crippen molar-refractivity contribution in [1.82, 2.24) is 15.2 Å². The maximum absolute atomic E-state index is 5.59. The van der Waals surface area contributed by atoms with Crippen LogP contribution in [0, 0.1) is 6.92 Å². The highest BCUT2D eigenvalue weighted by atomic mass is 35.5. The highest BCUT2D eigenvalue weighted by molar-refractivity contribution is 7.13. The molecule has 0 aromatic carbocycles. The number of rotatable bonds is 4. The quantitative estimate of drug-likeness (QED) is 0.775. The Hall–Kier alpha value is -0.940. The largest absolute Gasteiger partial charge is 0.420 e. The van der Waals surface area contributed by atoms with Gasteiger partial charge in [-0.25, -0.2) is 4.98 Å². The molecule has 0 unspecified atom stereocenters. The van der Waals surface area contributed by atoms with E-state index in [0.717, 1.165) is 23.4 Å². The van der Waals surface area contributed by atoms with Crippen molar-refractivity contribution >= 4 is 22.9 Å². The van der Waals surface area contributed by atoms with Crippen molar-refractivity contribution in [2.75, 3.05) is 5.88 Å². The maximum Gasteiger partial charge on any atom is 0.259 e. The van der Waals surface area contributed by atoms with Crippen LogP contribution in [0.1, 0.15) is 18.0 Å². The molecule has 2 rings (SSSR count). The van der Waals surface area contributed by atoms with E-state index in [2.05, 4.69) is 15.2 Å². The minimum absolute atomic E-state index is 0.555. The van der Waals surface area contributed by atoms with Crippen LogP contribution in [0.15, 0.2) is 9.93 Å². The van der Waals surface area contributed by atoms with Crippen molar-refractivity contribution in [1.29, 1.82) is 0 Å². The highest BCUT2D eigenvalue weighted by Gasteiger charge is 2.12. The lowest BCUT2D eigenvalue weighted by molar-refractivity contribution is 0.503. The van der Waals surface area contributed by atoms with Gasteiger partial charge in [-0.05, 0) is 13.3 Å². The molecule has 0 aliphatic rings. The molecule has 2 aromatic rings. The predicted molar refractivity (Wildman–Crippen MR) is 59.2 cm³/mol. The monoisotopic (exact) mass is 243 g/mol. The molecular weight excluding hydrogens is 234 g/mol. The Balaban J connectivity index is 2.17. The van der Waals surface area contributed by atoms with E-state index in [1.54, 1.807) is 5.51 Å². The zero-order valence-electron chi connectivity index (χ0n) is 8.23. The molecule has 0 aliphatic carbocycles. The normalized spacial score (nSPS) is 10.8. The molecule has 0 radical (unpaired) electrons. The summed E-state index contributed by atoms with van der Waals surface area (Å²) in [6, 6.07) is 0. The summed E-state index contributed by atoms with van der Waals surface area (Å²) in [5.41, 5.74) is 2.69. The van der Waals surface area contributed by atoms with Gasteiger partial charge in [0.2, 0.25) is 5.89 Å². The molecule has 0 bridgehead atoms. The van der Waals surface area contributed by atoms with Crippen LogP contribution in [0.25, 0.3) is 10.8 Å². The Kier molecular flexibility index (Phi) is 3.33. The second-order valence-corrected chi connectivity index (χ2v) is 4.29. The molecule has 4 nitrogen and oxygen atoms in total. The minimum Gasteiger partial charge on any atom is -0.420 e. The van der Waals surface area contributed by atoms with Gasteiger partial charge >= 0.3 is 0 Å². The van der Waals surface area contributed by atoms with Crippen molar-refractivity contribution in [2.45, 2.75) is 19.8 Å². The van der Waals surface area contributed by atoms with Gasteiger partial charge in [0.05, 0.1) is 11.2 Å². The van der Waals surface area contributed by atoms with Crippen LogP contribution in [0.5, 0.6) is 0 Å². The van der Waals surface area contributed by atoms with Gasteiger partial charge in [-0.1, -0.05) is 0 Å². The number of alkyl halides is 1. The van der Waals surface area contributed by atoms with Gasteiger partial charge in [-0.2, -0.15) is 0 Å². The van der Waals surface area contributed by atoms with Crippen molar-refractivity contribution < 1.29 is 4.42 Å². The van der Waals surface area contributed by atoms with Crippen LogP contribution in [-0.4, -0.2) is 21.1 Å². The van der Waals surface area contributed by atoms with Gasteiger partial charge in [-0.15, -0.1) is 33.1 Å². The van der Waals surface area contributed by atoms with Crippen LogP contribution in [-0.2, 0) is 6.42 Å². The first-order valence-electron chi connectivity index (χ1n) is 4.60. The molecule has 0 saturated carbocycles. The van der Waals surface area contributed by atoms with Gasteiger partial charge in [0.1, 0.15) is 4.88 Å². The van der Waals surface area contributed by atoms with Crippen molar-refractivity contribution in [3.05, 3.63) is 17.1 Å². The van der Waals surface area contributed by atoms with Crippen LogP contribution in [0.2, 0.25) is 0 Å². The Labute approximate surface area is 96.3 Å². The fourth-order valence-electron chi connectivity index (χ4n) is 1.17. The van der Waals surface area contributed by atoms with Gasteiger partial charge in [0.25, 0.3) is 5.89 Å². The summed E-state index contributed by atoms with van der Waals surface area (Å²) < 4.78 is 5.50. The van der Waals surface area contributed by atoms with Gasteiger partial charge in [0, 0.05) is 12.3 Å². The third-order valence-electron chi connectivity index (χ3n) is 1.93. The fourth-order valence-corrected chi connectivity index (χ4v) is 2.03. The number of aryl methyl sites for hydroxylation is 2. The average Bonchev–Trinajstić information content (AvgIpc) is 2.83. The summed E-state index contributed by atoms with van der Waals surface area (Å²) in [5, 5.41) is 7.94. The Morgan fingerprint density at radius 2 is 2.33 bits per heavy atom. The zero-order valence-corrected chi connectivity index (χ0v) is 9.81. The molecule has 0 aliphatic heterocycles. The lowest BCUT2D eigenvalue weighted by atomic mass is 10.3. The summed E-state index contributed by atoms with van der Waals surface area (Å²) >= 11 is 7.09. The predicted octanol–water partition coefficient (Wildman–Crippen LogP) is 2.67. The summed E-state index contributed by atoms with van der Waals surface area (Å²) in [6.07, 6.45) is 1.58. The molecule has 80 valence electrons. The topological polar surface area (TPSA) is 51.8 Å². The van der Waals surface area contributed by atoms with E-state index in [-0.39, 0.29) is 0 Å². The van der Waals surface area contributed by atoms with Gasteiger partial charge < -0.3 is 4.42 Å².